The Hall–Kier alpha value is -2.15. The summed E-state index contributed by atoms with van der Waals surface area (Å²) in [6.07, 6.45) is 1.02. The van der Waals surface area contributed by atoms with E-state index >= 15 is 0 Å². The summed E-state index contributed by atoms with van der Waals surface area (Å²) in [5.74, 6) is -0.374. The lowest BCUT2D eigenvalue weighted by Gasteiger charge is -2.04. The Morgan fingerprint density at radius 2 is 2.25 bits per heavy atom. The number of hydrogen-bond acceptors (Lipinski definition) is 6. The Labute approximate surface area is 119 Å². The van der Waals surface area contributed by atoms with Crippen molar-refractivity contribution in [3.8, 4) is 0 Å². The van der Waals surface area contributed by atoms with Crippen LogP contribution in [0.2, 0.25) is 0 Å². The molecule has 7 heteroatoms. The fourth-order valence-electron chi connectivity index (χ4n) is 2.00. The van der Waals surface area contributed by atoms with E-state index in [1.54, 1.807) is 10.6 Å². The third-order valence-electron chi connectivity index (χ3n) is 2.97. The van der Waals surface area contributed by atoms with Gasteiger partial charge in [0, 0.05) is 18.1 Å². The second-order valence-corrected chi connectivity index (χ2v) is 5.15. The molecule has 1 N–H and O–H groups in total. The number of hydrogen-bond donors (Lipinski definition) is 1. The van der Waals surface area contributed by atoms with Crippen LogP contribution < -0.4 is 11.1 Å². The standard InChI is InChI=1S/C13H14N4O2S/c1-2-7-14-12-9(15-16-20-12)8-17-10-5-3-4-6-11(10)19-13(17)18/h3-6,14H,2,7-8H2,1H3. The molecule has 0 radical (unpaired) electrons. The van der Waals surface area contributed by atoms with E-state index in [2.05, 4.69) is 21.8 Å². The molecular formula is C13H14N4O2S. The zero-order valence-corrected chi connectivity index (χ0v) is 11.8. The van der Waals surface area contributed by atoms with Crippen molar-refractivity contribution in [3.05, 3.63) is 40.5 Å². The number of oxazole rings is 1. The highest BCUT2D eigenvalue weighted by Crippen LogP contribution is 2.20. The second-order valence-electron chi connectivity index (χ2n) is 4.40. The van der Waals surface area contributed by atoms with Crippen molar-refractivity contribution in [2.75, 3.05) is 11.9 Å². The van der Waals surface area contributed by atoms with E-state index in [0.717, 1.165) is 29.2 Å². The predicted molar refractivity (Wildman–Crippen MR) is 78.3 cm³/mol. The monoisotopic (exact) mass is 290 g/mol. The molecule has 2 aromatic heterocycles. The highest BCUT2D eigenvalue weighted by Gasteiger charge is 2.13. The molecule has 6 nitrogen and oxygen atoms in total. The maximum Gasteiger partial charge on any atom is 0.420 e. The number of fused-ring (bicyclic) bond motifs is 1. The average molecular weight is 290 g/mol. The molecule has 0 aliphatic carbocycles. The van der Waals surface area contributed by atoms with E-state index in [4.69, 9.17) is 4.42 Å². The molecule has 0 aliphatic heterocycles. The Bertz CT molecular complexity index is 774. The molecule has 0 bridgehead atoms. The van der Waals surface area contributed by atoms with Crippen LogP contribution in [0.3, 0.4) is 0 Å². The Kier molecular flexibility index (Phi) is 3.51. The zero-order valence-electron chi connectivity index (χ0n) is 11.0. The number of aromatic nitrogens is 3. The number of anilines is 1. The molecule has 0 fully saturated rings. The molecule has 3 rings (SSSR count). The quantitative estimate of drug-likeness (QED) is 0.780. The third-order valence-corrected chi connectivity index (χ3v) is 3.70. The first-order valence-corrected chi connectivity index (χ1v) is 7.20. The smallest absolute Gasteiger partial charge is 0.408 e. The van der Waals surface area contributed by atoms with Gasteiger partial charge >= 0.3 is 5.76 Å². The van der Waals surface area contributed by atoms with Crippen LogP contribution in [-0.4, -0.2) is 20.7 Å². The topological polar surface area (TPSA) is 73.0 Å². The number of para-hydroxylation sites is 2. The van der Waals surface area contributed by atoms with Gasteiger partial charge in [-0.25, -0.2) is 4.79 Å². The molecule has 104 valence electrons. The van der Waals surface area contributed by atoms with E-state index in [1.165, 1.54) is 11.5 Å². The molecule has 2 heterocycles. The van der Waals surface area contributed by atoms with Gasteiger partial charge in [0.25, 0.3) is 0 Å². The number of rotatable bonds is 5. The summed E-state index contributed by atoms with van der Waals surface area (Å²) < 4.78 is 10.7. The average Bonchev–Trinajstić information content (AvgIpc) is 3.02. The van der Waals surface area contributed by atoms with Gasteiger partial charge in [-0.3, -0.25) is 4.57 Å². The summed E-state index contributed by atoms with van der Waals surface area (Å²) in [4.78, 5) is 11.9. The van der Waals surface area contributed by atoms with Gasteiger partial charge in [0.1, 0.15) is 10.7 Å². The molecular weight excluding hydrogens is 276 g/mol. The van der Waals surface area contributed by atoms with E-state index in [-0.39, 0.29) is 5.76 Å². The predicted octanol–water partition coefficient (Wildman–Crippen LogP) is 2.32. The normalized spacial score (nSPS) is 11.1. The first kappa shape index (κ1) is 12.9. The molecule has 0 amide bonds. The molecule has 0 unspecified atom stereocenters. The molecule has 20 heavy (non-hydrogen) atoms. The summed E-state index contributed by atoms with van der Waals surface area (Å²) in [6.45, 7) is 3.31. The lowest BCUT2D eigenvalue weighted by atomic mass is 10.3. The van der Waals surface area contributed by atoms with Crippen LogP contribution in [0, 0.1) is 0 Å². The van der Waals surface area contributed by atoms with Crippen LogP contribution in [0.1, 0.15) is 19.0 Å². The highest BCUT2D eigenvalue weighted by molar-refractivity contribution is 7.10. The minimum Gasteiger partial charge on any atom is -0.408 e. The summed E-state index contributed by atoms with van der Waals surface area (Å²) in [7, 11) is 0. The van der Waals surface area contributed by atoms with Crippen LogP contribution in [0.15, 0.2) is 33.5 Å². The fourth-order valence-corrected chi connectivity index (χ4v) is 2.60. The highest BCUT2D eigenvalue weighted by atomic mass is 32.1. The molecule has 0 saturated carbocycles. The van der Waals surface area contributed by atoms with Gasteiger partial charge in [0.05, 0.1) is 12.1 Å². The van der Waals surface area contributed by atoms with E-state index < -0.39 is 0 Å². The maximum atomic E-state index is 11.9. The Morgan fingerprint density at radius 1 is 1.40 bits per heavy atom. The lowest BCUT2D eigenvalue weighted by molar-refractivity contribution is 0.516. The van der Waals surface area contributed by atoms with Gasteiger partial charge in [0.15, 0.2) is 5.58 Å². The van der Waals surface area contributed by atoms with Crippen molar-refractivity contribution in [3.63, 3.8) is 0 Å². The Morgan fingerprint density at radius 3 is 3.10 bits per heavy atom. The van der Waals surface area contributed by atoms with Crippen molar-refractivity contribution in [2.45, 2.75) is 19.9 Å². The van der Waals surface area contributed by atoms with Gasteiger partial charge in [0.2, 0.25) is 0 Å². The van der Waals surface area contributed by atoms with Crippen molar-refractivity contribution in [2.24, 2.45) is 0 Å². The van der Waals surface area contributed by atoms with Gasteiger partial charge < -0.3 is 9.73 Å². The van der Waals surface area contributed by atoms with Crippen molar-refractivity contribution in [1.29, 1.82) is 0 Å². The van der Waals surface area contributed by atoms with Crippen LogP contribution in [-0.2, 0) is 6.54 Å². The van der Waals surface area contributed by atoms with Crippen LogP contribution in [0.5, 0.6) is 0 Å². The van der Waals surface area contributed by atoms with Gasteiger partial charge in [-0.2, -0.15) is 0 Å². The summed E-state index contributed by atoms with van der Waals surface area (Å²) in [5.41, 5.74) is 2.12. The van der Waals surface area contributed by atoms with E-state index in [0.29, 0.717) is 12.1 Å². The van der Waals surface area contributed by atoms with Crippen molar-refractivity contribution >= 4 is 27.6 Å². The summed E-state index contributed by atoms with van der Waals surface area (Å²) in [6, 6.07) is 7.36. The SMILES string of the molecule is CCCNc1snnc1Cn1c(=O)oc2ccccc21. The molecule has 3 aromatic rings. The fraction of sp³-hybridized carbons (Fsp3) is 0.308. The minimum absolute atomic E-state index is 0.360. The molecule has 0 atom stereocenters. The lowest BCUT2D eigenvalue weighted by Crippen LogP contribution is -2.16. The molecule has 0 spiro atoms. The second kappa shape index (κ2) is 5.46. The van der Waals surface area contributed by atoms with E-state index in [1.807, 2.05) is 18.2 Å². The Balaban J connectivity index is 1.95. The molecule has 0 saturated heterocycles. The molecule has 1 aromatic carbocycles. The number of nitrogens with zero attached hydrogens (tertiary/aromatic N) is 3. The number of nitrogens with one attached hydrogen (secondary N) is 1. The number of benzene rings is 1. The summed E-state index contributed by atoms with van der Waals surface area (Å²) in [5, 5.41) is 8.27. The van der Waals surface area contributed by atoms with Gasteiger partial charge in [-0.15, -0.1) is 5.10 Å². The molecule has 0 aliphatic rings. The van der Waals surface area contributed by atoms with Gasteiger partial charge in [-0.1, -0.05) is 23.5 Å². The van der Waals surface area contributed by atoms with Gasteiger partial charge in [-0.05, 0) is 18.6 Å². The van der Waals surface area contributed by atoms with E-state index in [9.17, 15) is 4.79 Å². The largest absolute Gasteiger partial charge is 0.420 e. The summed E-state index contributed by atoms with van der Waals surface area (Å²) >= 11 is 1.30. The van der Waals surface area contributed by atoms with Crippen LogP contribution >= 0.6 is 11.5 Å². The first-order chi connectivity index (χ1) is 9.79. The van der Waals surface area contributed by atoms with Crippen molar-refractivity contribution in [1.82, 2.24) is 14.2 Å². The zero-order chi connectivity index (χ0) is 13.9. The van der Waals surface area contributed by atoms with Crippen molar-refractivity contribution < 1.29 is 4.42 Å². The minimum atomic E-state index is -0.374. The van der Waals surface area contributed by atoms with Crippen LogP contribution in [0.25, 0.3) is 11.1 Å². The maximum absolute atomic E-state index is 11.9. The third kappa shape index (κ3) is 2.32. The van der Waals surface area contributed by atoms with Crippen LogP contribution in [0.4, 0.5) is 5.00 Å². The first-order valence-electron chi connectivity index (χ1n) is 6.43.